The van der Waals surface area contributed by atoms with Gasteiger partial charge in [0.2, 0.25) is 0 Å². The van der Waals surface area contributed by atoms with Crippen LogP contribution in [0.15, 0.2) is 53.6 Å². The highest BCUT2D eigenvalue weighted by Crippen LogP contribution is 2.24. The van der Waals surface area contributed by atoms with E-state index in [2.05, 4.69) is 9.97 Å². The maximum absolute atomic E-state index is 11.3. The number of aromatic amines is 1. The average Bonchev–Trinajstić information content (AvgIpc) is 2.99. The van der Waals surface area contributed by atoms with E-state index in [9.17, 15) is 4.79 Å². The number of fused-ring (bicyclic) bond motifs is 2. The van der Waals surface area contributed by atoms with Crippen molar-refractivity contribution in [3.8, 4) is 11.3 Å². The molecule has 0 bridgehead atoms. The van der Waals surface area contributed by atoms with Gasteiger partial charge in [0, 0.05) is 18.0 Å². The van der Waals surface area contributed by atoms with Gasteiger partial charge in [0.05, 0.1) is 15.9 Å². The van der Waals surface area contributed by atoms with Crippen LogP contribution in [0.5, 0.6) is 0 Å². The SMILES string of the molecule is O=c1[nH]c2cc(-c3cn4ccccc4n3)ccc2s1. The van der Waals surface area contributed by atoms with E-state index in [0.717, 1.165) is 27.1 Å². The van der Waals surface area contributed by atoms with Gasteiger partial charge in [-0.05, 0) is 24.3 Å². The van der Waals surface area contributed by atoms with Gasteiger partial charge in [-0.2, -0.15) is 0 Å². The first kappa shape index (κ1) is 10.5. The van der Waals surface area contributed by atoms with Crippen LogP contribution in [0.1, 0.15) is 0 Å². The monoisotopic (exact) mass is 267 g/mol. The predicted molar refractivity (Wildman–Crippen MR) is 76.6 cm³/mol. The van der Waals surface area contributed by atoms with Crippen molar-refractivity contribution in [3.63, 3.8) is 0 Å². The number of nitrogens with zero attached hydrogens (tertiary/aromatic N) is 2. The highest BCUT2D eigenvalue weighted by molar-refractivity contribution is 7.16. The Balaban J connectivity index is 1.95. The topological polar surface area (TPSA) is 50.2 Å². The summed E-state index contributed by atoms with van der Waals surface area (Å²) in [6, 6.07) is 11.8. The van der Waals surface area contributed by atoms with Crippen molar-refractivity contribution in [2.45, 2.75) is 0 Å². The Bertz CT molecular complexity index is 915. The second-order valence-corrected chi connectivity index (χ2v) is 5.33. The van der Waals surface area contributed by atoms with Gasteiger partial charge in [0.15, 0.2) is 0 Å². The molecule has 0 spiro atoms. The van der Waals surface area contributed by atoms with Crippen LogP contribution < -0.4 is 4.87 Å². The summed E-state index contributed by atoms with van der Waals surface area (Å²) in [5, 5.41) is 0. The van der Waals surface area contributed by atoms with Crippen LogP contribution in [0.4, 0.5) is 0 Å². The molecule has 0 atom stereocenters. The fraction of sp³-hybridized carbons (Fsp3) is 0. The van der Waals surface area contributed by atoms with Crippen molar-refractivity contribution in [1.82, 2.24) is 14.4 Å². The minimum Gasteiger partial charge on any atom is -0.312 e. The Labute approximate surface area is 112 Å². The summed E-state index contributed by atoms with van der Waals surface area (Å²) in [5.74, 6) is 0. The lowest BCUT2D eigenvalue weighted by atomic mass is 10.1. The van der Waals surface area contributed by atoms with Crippen molar-refractivity contribution < 1.29 is 0 Å². The molecule has 92 valence electrons. The molecule has 19 heavy (non-hydrogen) atoms. The van der Waals surface area contributed by atoms with E-state index in [1.807, 2.05) is 53.2 Å². The van der Waals surface area contributed by atoms with Gasteiger partial charge in [0.25, 0.3) is 0 Å². The van der Waals surface area contributed by atoms with Crippen molar-refractivity contribution in [1.29, 1.82) is 0 Å². The quantitative estimate of drug-likeness (QED) is 0.576. The van der Waals surface area contributed by atoms with E-state index in [4.69, 9.17) is 0 Å². The first-order valence-corrected chi connectivity index (χ1v) is 6.68. The molecule has 5 heteroatoms. The number of aromatic nitrogens is 3. The van der Waals surface area contributed by atoms with Crippen molar-refractivity contribution in [2.75, 3.05) is 0 Å². The molecule has 4 rings (SSSR count). The number of hydrogen-bond acceptors (Lipinski definition) is 3. The van der Waals surface area contributed by atoms with Gasteiger partial charge in [0.1, 0.15) is 5.65 Å². The standard InChI is InChI=1S/C14H9N3OS/c18-14-16-10-7-9(4-5-12(10)19-14)11-8-17-6-2-1-3-13(17)15-11/h1-8H,(H,16,18). The van der Waals surface area contributed by atoms with Crippen LogP contribution in [0.2, 0.25) is 0 Å². The molecule has 4 aromatic rings. The lowest BCUT2D eigenvalue weighted by Gasteiger charge is -1.95. The average molecular weight is 267 g/mol. The number of imidazole rings is 1. The third-order valence-corrected chi connectivity index (χ3v) is 3.94. The van der Waals surface area contributed by atoms with Crippen molar-refractivity contribution in [2.24, 2.45) is 0 Å². The molecule has 0 aliphatic rings. The number of hydrogen-bond donors (Lipinski definition) is 1. The number of pyridine rings is 1. The van der Waals surface area contributed by atoms with Crippen LogP contribution in [0, 0.1) is 0 Å². The summed E-state index contributed by atoms with van der Waals surface area (Å²) in [5.41, 5.74) is 3.69. The van der Waals surface area contributed by atoms with Crippen LogP contribution in [0.3, 0.4) is 0 Å². The Hall–Kier alpha value is -2.40. The summed E-state index contributed by atoms with van der Waals surface area (Å²) < 4.78 is 2.95. The fourth-order valence-corrected chi connectivity index (χ4v) is 2.90. The molecule has 3 heterocycles. The Morgan fingerprint density at radius 3 is 3.05 bits per heavy atom. The smallest absolute Gasteiger partial charge is 0.305 e. The zero-order valence-corrected chi connectivity index (χ0v) is 10.6. The second-order valence-electron chi connectivity index (χ2n) is 4.32. The molecule has 0 saturated heterocycles. The minimum absolute atomic E-state index is 0.0258. The largest absolute Gasteiger partial charge is 0.312 e. The van der Waals surface area contributed by atoms with E-state index >= 15 is 0 Å². The second kappa shape index (κ2) is 3.80. The molecule has 4 nitrogen and oxygen atoms in total. The normalized spacial score (nSPS) is 11.4. The maximum Gasteiger partial charge on any atom is 0.305 e. The molecular formula is C14H9N3OS. The van der Waals surface area contributed by atoms with Gasteiger partial charge in [-0.15, -0.1) is 0 Å². The molecule has 0 unspecified atom stereocenters. The zero-order valence-electron chi connectivity index (χ0n) is 9.83. The van der Waals surface area contributed by atoms with Gasteiger partial charge >= 0.3 is 4.87 Å². The Kier molecular flexibility index (Phi) is 2.10. The lowest BCUT2D eigenvalue weighted by Crippen LogP contribution is -1.89. The van der Waals surface area contributed by atoms with Crippen LogP contribution in [-0.2, 0) is 0 Å². The summed E-state index contributed by atoms with van der Waals surface area (Å²) >= 11 is 1.22. The molecule has 0 fully saturated rings. The first-order chi connectivity index (χ1) is 9.29. The van der Waals surface area contributed by atoms with Gasteiger partial charge in [-0.3, -0.25) is 4.79 Å². The van der Waals surface area contributed by atoms with E-state index in [1.165, 1.54) is 11.3 Å². The highest BCUT2D eigenvalue weighted by atomic mass is 32.1. The lowest BCUT2D eigenvalue weighted by molar-refractivity contribution is 1.19. The van der Waals surface area contributed by atoms with Gasteiger partial charge in [-0.1, -0.05) is 23.5 Å². The van der Waals surface area contributed by atoms with Crippen LogP contribution >= 0.6 is 11.3 Å². The number of benzene rings is 1. The number of nitrogens with one attached hydrogen (secondary N) is 1. The molecule has 0 aliphatic heterocycles. The third kappa shape index (κ3) is 1.67. The molecule has 1 aromatic carbocycles. The minimum atomic E-state index is -0.0258. The van der Waals surface area contributed by atoms with E-state index < -0.39 is 0 Å². The number of rotatable bonds is 1. The van der Waals surface area contributed by atoms with Gasteiger partial charge in [-0.25, -0.2) is 4.98 Å². The Morgan fingerprint density at radius 1 is 1.21 bits per heavy atom. The fourth-order valence-electron chi connectivity index (χ4n) is 2.19. The highest BCUT2D eigenvalue weighted by Gasteiger charge is 2.06. The maximum atomic E-state index is 11.3. The molecule has 0 amide bonds. The van der Waals surface area contributed by atoms with Crippen molar-refractivity contribution >= 4 is 27.2 Å². The van der Waals surface area contributed by atoms with E-state index in [-0.39, 0.29) is 4.87 Å². The summed E-state index contributed by atoms with van der Waals surface area (Å²) in [4.78, 5) is 18.7. The van der Waals surface area contributed by atoms with E-state index in [1.54, 1.807) is 0 Å². The summed E-state index contributed by atoms with van der Waals surface area (Å²) in [6.07, 6.45) is 3.96. The Morgan fingerprint density at radius 2 is 2.16 bits per heavy atom. The van der Waals surface area contributed by atoms with Crippen LogP contribution in [-0.4, -0.2) is 14.4 Å². The molecule has 0 radical (unpaired) electrons. The molecular weight excluding hydrogens is 258 g/mol. The number of H-pyrrole nitrogens is 1. The third-order valence-electron chi connectivity index (χ3n) is 3.08. The molecule has 0 saturated carbocycles. The van der Waals surface area contributed by atoms with E-state index in [0.29, 0.717) is 0 Å². The molecule has 0 aliphatic carbocycles. The predicted octanol–water partition coefficient (Wildman–Crippen LogP) is 2.90. The summed E-state index contributed by atoms with van der Waals surface area (Å²) in [7, 11) is 0. The van der Waals surface area contributed by atoms with Crippen molar-refractivity contribution in [3.05, 3.63) is 58.5 Å². The number of thiazole rings is 1. The zero-order chi connectivity index (χ0) is 12.8. The van der Waals surface area contributed by atoms with Crippen LogP contribution in [0.25, 0.3) is 27.1 Å². The molecule has 3 aromatic heterocycles. The summed E-state index contributed by atoms with van der Waals surface area (Å²) in [6.45, 7) is 0. The molecule has 1 N–H and O–H groups in total. The van der Waals surface area contributed by atoms with Gasteiger partial charge < -0.3 is 9.38 Å². The first-order valence-electron chi connectivity index (χ1n) is 5.86.